The molecule has 0 unspecified atom stereocenters. The van der Waals surface area contributed by atoms with Crippen molar-refractivity contribution in [2.75, 3.05) is 0 Å². The summed E-state index contributed by atoms with van der Waals surface area (Å²) in [7, 11) is 1.65. The third-order valence-corrected chi connectivity index (χ3v) is 5.51. The zero-order chi connectivity index (χ0) is 23.5. The summed E-state index contributed by atoms with van der Waals surface area (Å²) in [5.74, 6) is -1.20. The molecular formula is C26H20F2NO+. The largest absolute Gasteiger partial charge is 0.454 e. The smallest absolute Gasteiger partial charge is 0.216 e. The number of hydrogen-bond donors (Lipinski definition) is 0. The van der Waals surface area contributed by atoms with Crippen molar-refractivity contribution in [3.63, 3.8) is 0 Å². The Morgan fingerprint density at radius 3 is 2.27 bits per heavy atom. The molecule has 2 heterocycles. The second kappa shape index (κ2) is 6.77. The first-order valence-electron chi connectivity index (χ1n) is 11.1. The lowest BCUT2D eigenvalue weighted by Gasteiger charge is -2.06. The Bertz CT molecular complexity index is 1540. The van der Waals surface area contributed by atoms with Gasteiger partial charge in [0.05, 0.1) is 11.1 Å². The third-order valence-electron chi connectivity index (χ3n) is 5.51. The zero-order valence-corrected chi connectivity index (χ0v) is 16.5. The Labute approximate surface area is 177 Å². The standard InChI is InChI=1S/C26H20F2NO/c1-15-9-10-18-19-11-12-20(27)24(17-7-5-4-6-8-17)26(19)30-25(18)23(15)22-13-16(2)21(28)14-29(22)3/h4-14H,1-3H3/q+1/i2D3. The molecule has 0 amide bonds. The lowest BCUT2D eigenvalue weighted by molar-refractivity contribution is -0.662. The van der Waals surface area contributed by atoms with Gasteiger partial charge in [-0.15, -0.1) is 0 Å². The van der Waals surface area contributed by atoms with Gasteiger partial charge in [-0.25, -0.2) is 8.78 Å². The monoisotopic (exact) mass is 403 g/mol. The van der Waals surface area contributed by atoms with Crippen LogP contribution in [0.2, 0.25) is 0 Å². The van der Waals surface area contributed by atoms with Crippen LogP contribution in [0.15, 0.2) is 71.3 Å². The van der Waals surface area contributed by atoms with Gasteiger partial charge < -0.3 is 4.42 Å². The van der Waals surface area contributed by atoms with Crippen molar-refractivity contribution in [1.82, 2.24) is 0 Å². The van der Waals surface area contributed by atoms with Gasteiger partial charge in [0.15, 0.2) is 5.82 Å². The Kier molecular flexibility index (Phi) is 3.46. The van der Waals surface area contributed by atoms with Crippen molar-refractivity contribution in [1.29, 1.82) is 0 Å². The number of furan rings is 1. The van der Waals surface area contributed by atoms with Crippen molar-refractivity contribution >= 4 is 21.9 Å². The highest BCUT2D eigenvalue weighted by molar-refractivity contribution is 6.13. The molecule has 5 rings (SSSR count). The summed E-state index contributed by atoms with van der Waals surface area (Å²) < 4.78 is 60.4. The fourth-order valence-electron chi connectivity index (χ4n) is 4.04. The maximum Gasteiger partial charge on any atom is 0.216 e. The average molecular weight is 403 g/mol. The number of benzene rings is 3. The average Bonchev–Trinajstić information content (AvgIpc) is 3.12. The van der Waals surface area contributed by atoms with Gasteiger partial charge in [0, 0.05) is 21.0 Å². The fourth-order valence-corrected chi connectivity index (χ4v) is 4.04. The third kappa shape index (κ3) is 2.71. The summed E-state index contributed by atoms with van der Waals surface area (Å²) in [6.45, 7) is -0.731. The van der Waals surface area contributed by atoms with E-state index in [1.165, 1.54) is 16.7 Å². The van der Waals surface area contributed by atoms with Gasteiger partial charge in [-0.2, -0.15) is 4.57 Å². The van der Waals surface area contributed by atoms with E-state index in [1.54, 1.807) is 13.1 Å². The van der Waals surface area contributed by atoms with E-state index in [9.17, 15) is 8.78 Å². The number of hydrogen-bond acceptors (Lipinski definition) is 1. The van der Waals surface area contributed by atoms with E-state index in [1.807, 2.05) is 49.4 Å². The molecule has 0 saturated carbocycles. The van der Waals surface area contributed by atoms with Gasteiger partial charge in [0.2, 0.25) is 11.9 Å². The quantitative estimate of drug-likeness (QED) is 0.302. The first-order valence-corrected chi connectivity index (χ1v) is 9.56. The lowest BCUT2D eigenvalue weighted by Crippen LogP contribution is -2.31. The fraction of sp³-hybridized carbons (Fsp3) is 0.115. The Balaban J connectivity index is 1.88. The van der Waals surface area contributed by atoms with Crippen LogP contribution in [0.1, 0.15) is 15.2 Å². The predicted molar refractivity (Wildman–Crippen MR) is 115 cm³/mol. The molecular weight excluding hydrogens is 380 g/mol. The molecule has 4 heteroatoms. The maximum absolute atomic E-state index is 15.0. The lowest BCUT2D eigenvalue weighted by atomic mass is 9.98. The second-order valence-corrected chi connectivity index (χ2v) is 7.43. The number of aromatic nitrogens is 1. The van der Waals surface area contributed by atoms with Gasteiger partial charge in [0.25, 0.3) is 0 Å². The Hall–Kier alpha value is -3.53. The van der Waals surface area contributed by atoms with Gasteiger partial charge in [-0.1, -0.05) is 42.5 Å². The highest BCUT2D eigenvalue weighted by Gasteiger charge is 2.24. The summed E-state index contributed by atoms with van der Waals surface area (Å²) in [4.78, 5) is 0. The van der Waals surface area contributed by atoms with E-state index in [2.05, 4.69) is 0 Å². The van der Waals surface area contributed by atoms with Crippen LogP contribution in [-0.2, 0) is 7.05 Å². The molecule has 0 aliphatic carbocycles. The summed E-state index contributed by atoms with van der Waals surface area (Å²) in [6.07, 6.45) is 1.16. The molecule has 0 spiro atoms. The minimum absolute atomic E-state index is 0.361. The van der Waals surface area contributed by atoms with Gasteiger partial charge in [-0.05, 0) is 42.6 Å². The molecule has 0 fully saturated rings. The molecule has 3 aromatic carbocycles. The predicted octanol–water partition coefficient (Wildman–Crippen LogP) is 6.64. The van der Waals surface area contributed by atoms with E-state index < -0.39 is 18.5 Å². The van der Waals surface area contributed by atoms with Crippen molar-refractivity contribution < 1.29 is 21.9 Å². The van der Waals surface area contributed by atoms with Crippen LogP contribution in [0.25, 0.3) is 44.3 Å². The molecule has 0 radical (unpaired) electrons. The number of fused-ring (bicyclic) bond motifs is 3. The van der Waals surface area contributed by atoms with E-state index >= 15 is 0 Å². The molecule has 0 saturated heterocycles. The minimum Gasteiger partial charge on any atom is -0.454 e. The Morgan fingerprint density at radius 1 is 0.833 bits per heavy atom. The van der Waals surface area contributed by atoms with Crippen LogP contribution in [0.3, 0.4) is 0 Å². The van der Waals surface area contributed by atoms with Gasteiger partial charge >= 0.3 is 0 Å². The second-order valence-electron chi connectivity index (χ2n) is 7.43. The van der Waals surface area contributed by atoms with Crippen LogP contribution in [0.5, 0.6) is 0 Å². The van der Waals surface area contributed by atoms with E-state index in [4.69, 9.17) is 8.53 Å². The number of halogens is 2. The summed E-state index contributed by atoms with van der Waals surface area (Å²) >= 11 is 0. The number of pyridine rings is 1. The van der Waals surface area contributed by atoms with Crippen LogP contribution >= 0.6 is 0 Å². The van der Waals surface area contributed by atoms with E-state index in [0.717, 1.165) is 22.5 Å². The summed E-state index contributed by atoms with van der Waals surface area (Å²) in [6, 6.07) is 17.4. The molecule has 0 atom stereocenters. The highest BCUT2D eigenvalue weighted by atomic mass is 19.1. The number of rotatable bonds is 2. The number of nitrogens with zero attached hydrogens (tertiary/aromatic N) is 1. The van der Waals surface area contributed by atoms with Crippen molar-refractivity contribution in [2.24, 2.45) is 7.05 Å². The first kappa shape index (κ1) is 15.3. The zero-order valence-electron chi connectivity index (χ0n) is 19.5. The van der Waals surface area contributed by atoms with Crippen molar-refractivity contribution in [3.05, 3.63) is 89.6 Å². The molecule has 0 aliphatic heterocycles. The van der Waals surface area contributed by atoms with Crippen LogP contribution in [0, 0.1) is 25.4 Å². The molecule has 0 N–H and O–H groups in total. The molecule has 2 nitrogen and oxygen atoms in total. The SMILES string of the molecule is [2H]C([2H])([2H])c1cc(-c2c(C)ccc3c2oc2c(-c4ccccc4)c(F)ccc23)[n+](C)cc1F. The topological polar surface area (TPSA) is 17.0 Å². The summed E-state index contributed by atoms with van der Waals surface area (Å²) in [5, 5.41) is 1.51. The van der Waals surface area contributed by atoms with Gasteiger partial charge in [0.1, 0.15) is 24.0 Å². The van der Waals surface area contributed by atoms with Crippen LogP contribution in [0.4, 0.5) is 8.78 Å². The normalized spacial score (nSPS) is 13.4. The molecule has 0 bridgehead atoms. The van der Waals surface area contributed by atoms with Crippen LogP contribution in [-0.4, -0.2) is 0 Å². The molecule has 148 valence electrons. The van der Waals surface area contributed by atoms with Crippen LogP contribution < -0.4 is 4.57 Å². The molecule has 0 aliphatic rings. The minimum atomic E-state index is -2.60. The number of aryl methyl sites for hydroxylation is 3. The maximum atomic E-state index is 15.0. The van der Waals surface area contributed by atoms with E-state index in [0.29, 0.717) is 33.6 Å². The summed E-state index contributed by atoms with van der Waals surface area (Å²) in [5.41, 5.74) is 3.54. The highest BCUT2D eigenvalue weighted by Crippen LogP contribution is 2.41. The molecule has 2 aromatic heterocycles. The first-order chi connectivity index (χ1) is 15.7. The Morgan fingerprint density at radius 2 is 1.53 bits per heavy atom. The van der Waals surface area contributed by atoms with Gasteiger partial charge in [-0.3, -0.25) is 0 Å². The molecule has 30 heavy (non-hydrogen) atoms. The molecule has 5 aromatic rings. The van der Waals surface area contributed by atoms with E-state index in [-0.39, 0.29) is 5.56 Å². The van der Waals surface area contributed by atoms with Crippen molar-refractivity contribution in [2.45, 2.75) is 13.8 Å². The van der Waals surface area contributed by atoms with Crippen molar-refractivity contribution in [3.8, 4) is 22.4 Å².